The van der Waals surface area contributed by atoms with Crippen LogP contribution in [0.1, 0.15) is 39.7 Å². The lowest BCUT2D eigenvalue weighted by atomic mass is 10.2. The van der Waals surface area contributed by atoms with Gasteiger partial charge < -0.3 is 20.7 Å². The molecular weight excluding hydrogens is 354 g/mol. The fourth-order valence-corrected chi connectivity index (χ4v) is 2.11. The van der Waals surface area contributed by atoms with Gasteiger partial charge in [-0.2, -0.15) is 0 Å². The van der Waals surface area contributed by atoms with Crippen LogP contribution in [0.25, 0.3) is 0 Å². The maximum atomic E-state index is 11.5. The number of halogens is 1. The lowest BCUT2D eigenvalue weighted by Crippen LogP contribution is -2.38. The molecule has 7 nitrogen and oxygen atoms in total. The molecule has 1 heterocycles. The number of nitrogens with zero attached hydrogens (tertiary/aromatic N) is 2. The highest BCUT2D eigenvalue weighted by Crippen LogP contribution is 2.06. The summed E-state index contributed by atoms with van der Waals surface area (Å²) in [6.45, 7) is 10.2. The number of hydrogen-bond acceptors (Lipinski definition) is 4. The quantitative estimate of drug-likeness (QED) is 0.278. The van der Waals surface area contributed by atoms with Crippen molar-refractivity contribution in [1.29, 1.82) is 0 Å². The summed E-state index contributed by atoms with van der Waals surface area (Å²) in [5.74, 6) is 0.756. The van der Waals surface area contributed by atoms with E-state index in [2.05, 4.69) is 25.9 Å². The molecule has 0 radical (unpaired) electrons. The SMILES string of the molecule is CCNC(=NCCCNC(=O)OC(C)(C)C)NCCc1ccc(Cl)nc1. The molecule has 3 N–H and O–H groups in total. The molecule has 1 aromatic heterocycles. The second kappa shape index (κ2) is 11.6. The number of carbonyl (C=O) groups excluding carboxylic acids is 1. The van der Waals surface area contributed by atoms with Crippen molar-refractivity contribution in [2.24, 2.45) is 4.99 Å². The van der Waals surface area contributed by atoms with Gasteiger partial charge in [0.1, 0.15) is 10.8 Å². The summed E-state index contributed by atoms with van der Waals surface area (Å²) in [7, 11) is 0. The number of aromatic nitrogens is 1. The Morgan fingerprint density at radius 3 is 2.62 bits per heavy atom. The molecule has 0 unspecified atom stereocenters. The molecule has 0 aromatic carbocycles. The first kappa shape index (κ1) is 22.0. The maximum Gasteiger partial charge on any atom is 0.407 e. The lowest BCUT2D eigenvalue weighted by molar-refractivity contribution is 0.0527. The van der Waals surface area contributed by atoms with Gasteiger partial charge in [-0.25, -0.2) is 9.78 Å². The first-order valence-electron chi connectivity index (χ1n) is 8.89. The van der Waals surface area contributed by atoms with Gasteiger partial charge in [-0.05, 0) is 52.2 Å². The topological polar surface area (TPSA) is 87.6 Å². The Morgan fingerprint density at radius 2 is 2.00 bits per heavy atom. The predicted octanol–water partition coefficient (Wildman–Crippen LogP) is 2.75. The smallest absolute Gasteiger partial charge is 0.407 e. The Morgan fingerprint density at radius 1 is 1.23 bits per heavy atom. The molecule has 1 amide bonds. The van der Waals surface area contributed by atoms with Crippen LogP contribution >= 0.6 is 11.6 Å². The number of nitrogens with one attached hydrogen (secondary N) is 3. The van der Waals surface area contributed by atoms with Gasteiger partial charge >= 0.3 is 6.09 Å². The molecule has 0 atom stereocenters. The summed E-state index contributed by atoms with van der Waals surface area (Å²) in [6.07, 6.45) is 2.94. The van der Waals surface area contributed by atoms with E-state index >= 15 is 0 Å². The number of carbonyl (C=O) groups is 1. The maximum absolute atomic E-state index is 11.5. The minimum Gasteiger partial charge on any atom is -0.444 e. The molecule has 1 rings (SSSR count). The van der Waals surface area contributed by atoms with Crippen molar-refractivity contribution < 1.29 is 9.53 Å². The normalized spacial score (nSPS) is 11.8. The van der Waals surface area contributed by atoms with Crippen molar-refractivity contribution in [3.8, 4) is 0 Å². The van der Waals surface area contributed by atoms with Crippen molar-refractivity contribution in [3.63, 3.8) is 0 Å². The molecule has 0 aliphatic carbocycles. The largest absolute Gasteiger partial charge is 0.444 e. The Hall–Kier alpha value is -2.02. The summed E-state index contributed by atoms with van der Waals surface area (Å²) in [4.78, 5) is 20.1. The number of alkyl carbamates (subject to hydrolysis) is 1. The number of amides is 1. The Bertz CT molecular complexity index is 570. The van der Waals surface area contributed by atoms with Gasteiger partial charge in [-0.3, -0.25) is 4.99 Å². The Balaban J connectivity index is 2.27. The van der Waals surface area contributed by atoms with E-state index < -0.39 is 11.7 Å². The number of pyridine rings is 1. The monoisotopic (exact) mass is 383 g/mol. The van der Waals surface area contributed by atoms with Crippen LogP contribution in [0.4, 0.5) is 4.79 Å². The average Bonchev–Trinajstić information content (AvgIpc) is 2.54. The predicted molar refractivity (Wildman–Crippen MR) is 106 cm³/mol. The molecule has 146 valence electrons. The summed E-state index contributed by atoms with van der Waals surface area (Å²) in [5, 5.41) is 9.70. The minimum absolute atomic E-state index is 0.400. The highest BCUT2D eigenvalue weighted by molar-refractivity contribution is 6.29. The van der Waals surface area contributed by atoms with Gasteiger partial charge in [0, 0.05) is 32.4 Å². The first-order chi connectivity index (χ1) is 12.3. The van der Waals surface area contributed by atoms with Crippen LogP contribution in [0.3, 0.4) is 0 Å². The van der Waals surface area contributed by atoms with Crippen molar-refractivity contribution in [3.05, 3.63) is 29.0 Å². The minimum atomic E-state index is -0.482. The summed E-state index contributed by atoms with van der Waals surface area (Å²) in [5.41, 5.74) is 0.628. The number of rotatable bonds is 8. The zero-order valence-electron chi connectivity index (χ0n) is 16.1. The summed E-state index contributed by atoms with van der Waals surface area (Å²) < 4.78 is 5.18. The van der Waals surface area contributed by atoms with Gasteiger partial charge in [-0.1, -0.05) is 17.7 Å². The van der Waals surface area contributed by atoms with Gasteiger partial charge in [0.15, 0.2) is 5.96 Å². The Labute approximate surface area is 161 Å². The summed E-state index contributed by atoms with van der Waals surface area (Å²) >= 11 is 5.78. The fraction of sp³-hybridized carbons (Fsp3) is 0.611. The first-order valence-corrected chi connectivity index (χ1v) is 9.27. The third-order valence-corrected chi connectivity index (χ3v) is 3.34. The van der Waals surface area contributed by atoms with E-state index in [1.165, 1.54) is 0 Å². The van der Waals surface area contributed by atoms with E-state index in [0.29, 0.717) is 18.2 Å². The van der Waals surface area contributed by atoms with E-state index in [-0.39, 0.29) is 0 Å². The molecule has 0 saturated carbocycles. The summed E-state index contributed by atoms with van der Waals surface area (Å²) in [6, 6.07) is 3.75. The van der Waals surface area contributed by atoms with Crippen LogP contribution in [-0.2, 0) is 11.2 Å². The van der Waals surface area contributed by atoms with E-state index in [9.17, 15) is 4.79 Å². The van der Waals surface area contributed by atoms with E-state index in [0.717, 1.165) is 37.5 Å². The van der Waals surface area contributed by atoms with Crippen LogP contribution in [0.15, 0.2) is 23.3 Å². The zero-order valence-corrected chi connectivity index (χ0v) is 16.8. The van der Waals surface area contributed by atoms with E-state index in [1.54, 1.807) is 12.3 Å². The molecule has 8 heteroatoms. The lowest BCUT2D eigenvalue weighted by Gasteiger charge is -2.19. The van der Waals surface area contributed by atoms with Crippen molar-refractivity contribution in [1.82, 2.24) is 20.9 Å². The standard InChI is InChI=1S/C18H30ClN5O2/c1-5-20-16(22-12-9-14-7-8-15(19)24-13-14)21-10-6-11-23-17(25)26-18(2,3)4/h7-8,13H,5-6,9-12H2,1-4H3,(H,23,25)(H2,20,21,22). The van der Waals surface area contributed by atoms with E-state index in [4.69, 9.17) is 16.3 Å². The third-order valence-electron chi connectivity index (χ3n) is 3.11. The van der Waals surface area contributed by atoms with Gasteiger partial charge in [0.05, 0.1) is 0 Å². The fourth-order valence-electron chi connectivity index (χ4n) is 2.00. The molecule has 0 bridgehead atoms. The van der Waals surface area contributed by atoms with Crippen LogP contribution in [0.5, 0.6) is 0 Å². The second-order valence-corrected chi connectivity index (χ2v) is 7.10. The van der Waals surface area contributed by atoms with E-state index in [1.807, 2.05) is 33.8 Å². The second-order valence-electron chi connectivity index (χ2n) is 6.71. The zero-order chi connectivity index (χ0) is 19.4. The average molecular weight is 384 g/mol. The molecule has 0 aliphatic heterocycles. The third kappa shape index (κ3) is 10.8. The van der Waals surface area contributed by atoms with Crippen LogP contribution < -0.4 is 16.0 Å². The van der Waals surface area contributed by atoms with Gasteiger partial charge in [0.25, 0.3) is 0 Å². The highest BCUT2D eigenvalue weighted by Gasteiger charge is 2.15. The highest BCUT2D eigenvalue weighted by atomic mass is 35.5. The van der Waals surface area contributed by atoms with Crippen molar-refractivity contribution in [2.75, 3.05) is 26.2 Å². The molecule has 0 saturated heterocycles. The van der Waals surface area contributed by atoms with Crippen molar-refractivity contribution >= 4 is 23.7 Å². The molecule has 0 spiro atoms. The molecule has 26 heavy (non-hydrogen) atoms. The number of ether oxygens (including phenoxy) is 1. The van der Waals surface area contributed by atoms with Crippen LogP contribution in [0, 0.1) is 0 Å². The van der Waals surface area contributed by atoms with Crippen LogP contribution in [-0.4, -0.2) is 48.8 Å². The molecule has 1 aromatic rings. The molecule has 0 aliphatic rings. The number of guanidine groups is 1. The van der Waals surface area contributed by atoms with Crippen LogP contribution in [0.2, 0.25) is 5.15 Å². The van der Waals surface area contributed by atoms with Crippen molar-refractivity contribution in [2.45, 2.75) is 46.1 Å². The number of aliphatic imine (C=N–C) groups is 1. The van der Waals surface area contributed by atoms with Gasteiger partial charge in [-0.15, -0.1) is 0 Å². The number of hydrogen-bond donors (Lipinski definition) is 3. The molecular formula is C18H30ClN5O2. The molecule has 0 fully saturated rings. The Kier molecular flexibility index (Phi) is 9.80. The van der Waals surface area contributed by atoms with Gasteiger partial charge in [0.2, 0.25) is 0 Å².